The lowest BCUT2D eigenvalue weighted by molar-refractivity contribution is -0.274. The van der Waals surface area contributed by atoms with Crippen LogP contribution in [0.25, 0.3) is 28.1 Å². The monoisotopic (exact) mass is 648 g/mol. The van der Waals surface area contributed by atoms with Crippen molar-refractivity contribution in [1.29, 1.82) is 0 Å². The summed E-state index contributed by atoms with van der Waals surface area (Å²) in [5.74, 6) is -3.91. The van der Waals surface area contributed by atoms with Gasteiger partial charge in [0.25, 0.3) is 0 Å². The number of aryl methyl sites for hydroxylation is 1. The molecule has 0 aliphatic carbocycles. The molecule has 0 spiro atoms. The van der Waals surface area contributed by atoms with Crippen LogP contribution in [-0.4, -0.2) is 51.8 Å². The highest BCUT2D eigenvalue weighted by Gasteiger charge is 2.42. The Labute approximate surface area is 258 Å². The van der Waals surface area contributed by atoms with Crippen molar-refractivity contribution in [3.05, 3.63) is 84.2 Å². The smallest absolute Gasteiger partial charge is 0.573 e. The molecule has 0 saturated heterocycles. The predicted molar refractivity (Wildman–Crippen MR) is 162 cm³/mol. The normalized spacial score (nSPS) is 14.1. The summed E-state index contributed by atoms with van der Waals surface area (Å²) in [4.78, 5) is 0.611. The first kappa shape index (κ1) is 32.1. The number of rotatable bonds is 10. The van der Waals surface area contributed by atoms with E-state index in [-0.39, 0.29) is 24.5 Å². The first-order valence-electron chi connectivity index (χ1n) is 13.5. The second-order valence-electron chi connectivity index (χ2n) is 10.1. The van der Waals surface area contributed by atoms with Crippen LogP contribution in [0.15, 0.2) is 77.8 Å². The molecule has 0 amide bonds. The van der Waals surface area contributed by atoms with Crippen LogP contribution >= 0.6 is 0 Å². The van der Waals surface area contributed by atoms with E-state index >= 15 is 8.78 Å². The van der Waals surface area contributed by atoms with Crippen molar-refractivity contribution < 1.29 is 36.3 Å². The van der Waals surface area contributed by atoms with Crippen molar-refractivity contribution in [2.75, 3.05) is 36.4 Å². The quantitative estimate of drug-likeness (QED) is 0.106. The zero-order valence-electron chi connectivity index (χ0n) is 24.0. The number of ether oxygens (including phenoxy) is 1. The van der Waals surface area contributed by atoms with Gasteiger partial charge in [-0.15, -0.1) is 13.2 Å². The Morgan fingerprint density at radius 2 is 1.80 bits per heavy atom. The maximum absolute atomic E-state index is 15.5. The Kier molecular flexibility index (Phi) is 8.98. The zero-order valence-corrected chi connectivity index (χ0v) is 24.8. The lowest BCUT2D eigenvalue weighted by atomic mass is 9.97. The molecule has 1 aliphatic heterocycles. The van der Waals surface area contributed by atoms with E-state index in [2.05, 4.69) is 20.6 Å². The van der Waals surface area contributed by atoms with E-state index in [1.807, 2.05) is 6.07 Å². The zero-order chi connectivity index (χ0) is 32.5. The number of nitrogens with two attached hydrogens (primary N) is 1. The maximum atomic E-state index is 15.5. The molecule has 1 aromatic heterocycles. The second kappa shape index (κ2) is 12.6. The Hall–Kier alpha value is -4.31. The number of hydrogen-bond acceptors (Lipinski definition) is 8. The van der Waals surface area contributed by atoms with Crippen LogP contribution < -0.4 is 26.2 Å². The molecular formula is C30H29F5N6O3S. The first-order chi connectivity index (χ1) is 21.3. The molecule has 238 valence electrons. The number of aromatic nitrogens is 2. The van der Waals surface area contributed by atoms with Gasteiger partial charge in [0, 0.05) is 37.0 Å². The third-order valence-corrected chi connectivity index (χ3v) is 7.95. The molecule has 1 unspecified atom stereocenters. The molecule has 0 bridgehead atoms. The first-order valence-corrected chi connectivity index (χ1v) is 15.1. The van der Waals surface area contributed by atoms with E-state index in [9.17, 15) is 17.7 Å². The van der Waals surface area contributed by atoms with Crippen molar-refractivity contribution in [2.24, 2.45) is 12.8 Å². The molecule has 45 heavy (non-hydrogen) atoms. The number of halogens is 5. The summed E-state index contributed by atoms with van der Waals surface area (Å²) in [6.45, 7) is -1.16. The van der Waals surface area contributed by atoms with Gasteiger partial charge in [-0.2, -0.15) is 13.9 Å². The number of hydrogen-bond donors (Lipinski definition) is 4. The highest BCUT2D eigenvalue weighted by atomic mass is 32.2. The third-order valence-electron chi connectivity index (χ3n) is 7.03. The molecule has 0 fully saturated rings. The van der Waals surface area contributed by atoms with E-state index in [1.165, 1.54) is 35.1 Å². The van der Waals surface area contributed by atoms with Gasteiger partial charge in [0.2, 0.25) is 0 Å². The summed E-state index contributed by atoms with van der Waals surface area (Å²) < 4.78 is 86.8. The minimum absolute atomic E-state index is 0.00620. The molecule has 1 aliphatic rings. The fourth-order valence-electron chi connectivity index (χ4n) is 5.04. The predicted octanol–water partition coefficient (Wildman–Crippen LogP) is 5.17. The Morgan fingerprint density at radius 1 is 1.09 bits per heavy atom. The van der Waals surface area contributed by atoms with Gasteiger partial charge in [-0.1, -0.05) is 18.2 Å². The summed E-state index contributed by atoms with van der Waals surface area (Å²) in [6.07, 6.45) is -2.12. The SMILES string of the molecule is Cn1nc(C(F)(F)CNCCO)c2c1-c1ccc(-c3cccc([S+](C)[O-])c3)cc1N(/C(=C\N)c1ccc(OC(F)(F)F)cc1)N2. The molecule has 5 N–H and O–H groups in total. The van der Waals surface area contributed by atoms with E-state index in [4.69, 9.17) is 10.8 Å². The van der Waals surface area contributed by atoms with Crippen LogP contribution in [0.4, 0.5) is 33.3 Å². The molecular weight excluding hydrogens is 619 g/mol. The molecule has 0 radical (unpaired) electrons. The van der Waals surface area contributed by atoms with E-state index in [1.54, 1.807) is 42.7 Å². The largest absolute Gasteiger partial charge is 0.612 e. The molecule has 2 heterocycles. The van der Waals surface area contributed by atoms with Gasteiger partial charge in [0.15, 0.2) is 10.6 Å². The molecule has 3 aromatic carbocycles. The van der Waals surface area contributed by atoms with Gasteiger partial charge in [0.05, 0.1) is 30.2 Å². The van der Waals surface area contributed by atoms with Crippen molar-refractivity contribution >= 4 is 28.2 Å². The highest BCUT2D eigenvalue weighted by molar-refractivity contribution is 7.90. The summed E-state index contributed by atoms with van der Waals surface area (Å²) >= 11 is -1.24. The number of nitrogens with one attached hydrogen (secondary N) is 2. The van der Waals surface area contributed by atoms with Crippen molar-refractivity contribution in [3.63, 3.8) is 0 Å². The number of fused-ring (bicyclic) bond motifs is 3. The summed E-state index contributed by atoms with van der Waals surface area (Å²) in [6, 6.07) is 17.4. The molecule has 9 nitrogen and oxygen atoms in total. The van der Waals surface area contributed by atoms with Crippen molar-refractivity contribution in [3.8, 4) is 28.1 Å². The Morgan fingerprint density at radius 3 is 2.44 bits per heavy atom. The molecule has 0 saturated carbocycles. The minimum atomic E-state index is -4.89. The van der Waals surface area contributed by atoms with Crippen LogP contribution in [0, 0.1) is 0 Å². The number of nitrogens with zero attached hydrogens (tertiary/aromatic N) is 3. The van der Waals surface area contributed by atoms with Gasteiger partial charge < -0.3 is 25.4 Å². The lowest BCUT2D eigenvalue weighted by Crippen LogP contribution is -2.36. The lowest BCUT2D eigenvalue weighted by Gasteiger charge is -2.35. The van der Waals surface area contributed by atoms with Crippen molar-refractivity contribution in [2.45, 2.75) is 17.2 Å². The number of benzene rings is 3. The average molecular weight is 649 g/mol. The van der Waals surface area contributed by atoms with Gasteiger partial charge >= 0.3 is 12.3 Å². The van der Waals surface area contributed by atoms with Crippen LogP contribution in [0.2, 0.25) is 0 Å². The number of hydrazine groups is 1. The van der Waals surface area contributed by atoms with Gasteiger partial charge in [-0.25, -0.2) is 0 Å². The summed E-state index contributed by atoms with van der Waals surface area (Å²) in [5.41, 5.74) is 11.9. The molecule has 1 atom stereocenters. The maximum Gasteiger partial charge on any atom is 0.573 e. The number of anilines is 2. The topological polar surface area (TPSA) is 124 Å². The molecule has 15 heteroatoms. The molecule has 5 rings (SSSR count). The van der Waals surface area contributed by atoms with Crippen LogP contribution in [0.1, 0.15) is 11.3 Å². The third kappa shape index (κ3) is 6.71. The van der Waals surface area contributed by atoms with Crippen LogP contribution in [-0.2, 0) is 24.1 Å². The van der Waals surface area contributed by atoms with E-state index in [0.717, 1.165) is 17.7 Å². The van der Waals surface area contributed by atoms with Crippen LogP contribution in [0.3, 0.4) is 0 Å². The van der Waals surface area contributed by atoms with E-state index < -0.39 is 41.4 Å². The standard InChI is InChI=1S/C30H29F5N6O3S/c1-40-27-23-11-8-20(19-4-3-5-22(14-19)45(2)43)15-24(23)41(38-26(27)28(39-40)29(31,32)17-37-12-13-42)25(16-36)18-6-9-21(10-7-18)44-30(33,34)35/h3-11,14-16,37-38,42H,12-13,17,36H2,1-2H3/b25-16-. The fraction of sp³-hybridized carbons (Fsp3) is 0.233. The second-order valence-corrected chi connectivity index (χ2v) is 11.5. The van der Waals surface area contributed by atoms with Gasteiger partial charge in [-0.05, 0) is 64.8 Å². The van der Waals surface area contributed by atoms with Crippen molar-refractivity contribution in [1.82, 2.24) is 15.1 Å². The number of alkyl halides is 5. The number of aliphatic hydroxyl groups is 1. The minimum Gasteiger partial charge on any atom is -0.612 e. The summed E-state index contributed by atoms with van der Waals surface area (Å²) in [7, 11) is 1.54. The van der Waals surface area contributed by atoms with Gasteiger partial charge in [-0.3, -0.25) is 15.1 Å². The summed E-state index contributed by atoms with van der Waals surface area (Å²) in [5, 5.41) is 17.2. The van der Waals surface area contributed by atoms with E-state index in [0.29, 0.717) is 33.0 Å². The number of aliphatic hydroxyl groups excluding tert-OH is 1. The Balaban J connectivity index is 1.65. The highest BCUT2D eigenvalue weighted by Crippen LogP contribution is 2.48. The fourth-order valence-corrected chi connectivity index (χ4v) is 5.61. The average Bonchev–Trinajstić information content (AvgIpc) is 3.34. The van der Waals surface area contributed by atoms with Crippen LogP contribution in [0.5, 0.6) is 5.75 Å². The molecule has 4 aromatic rings. The van der Waals surface area contributed by atoms with Gasteiger partial charge in [0.1, 0.15) is 17.7 Å². The Bertz CT molecular complexity index is 1710.